The van der Waals surface area contributed by atoms with E-state index >= 15 is 0 Å². The molecule has 0 aliphatic carbocycles. The molecule has 0 saturated carbocycles. The van der Waals surface area contributed by atoms with Crippen molar-refractivity contribution in [1.29, 1.82) is 0 Å². The minimum Gasteiger partial charge on any atom is -0.478 e. The Labute approximate surface area is 109 Å². The third kappa shape index (κ3) is 3.67. The van der Waals surface area contributed by atoms with Crippen molar-refractivity contribution in [3.8, 4) is 11.5 Å². The molecule has 0 atom stereocenters. The molecule has 0 aliphatic heterocycles. The quantitative estimate of drug-likeness (QED) is 0.846. The van der Waals surface area contributed by atoms with Crippen molar-refractivity contribution in [2.75, 3.05) is 0 Å². The molecule has 2 aromatic carbocycles. The fraction of sp³-hybridized carbons (Fsp3) is 0. The normalized spacial score (nSPS) is 11.1. The van der Waals surface area contributed by atoms with Crippen LogP contribution in [0.2, 0.25) is 0 Å². The first-order valence-corrected chi connectivity index (χ1v) is 5.58. The van der Waals surface area contributed by atoms with Crippen LogP contribution in [-0.4, -0.2) is 11.1 Å². The lowest BCUT2D eigenvalue weighted by molar-refractivity contribution is -0.131. The predicted molar refractivity (Wildman–Crippen MR) is 69.7 cm³/mol. The van der Waals surface area contributed by atoms with E-state index in [4.69, 9.17) is 9.84 Å². The number of rotatable bonds is 4. The van der Waals surface area contributed by atoms with Crippen LogP contribution >= 0.6 is 0 Å². The van der Waals surface area contributed by atoms with E-state index in [0.29, 0.717) is 17.6 Å². The van der Waals surface area contributed by atoms with Gasteiger partial charge in [0.2, 0.25) is 0 Å². The molecule has 0 aliphatic rings. The van der Waals surface area contributed by atoms with E-state index in [2.05, 4.69) is 0 Å². The summed E-state index contributed by atoms with van der Waals surface area (Å²) < 4.78 is 18.9. The van der Waals surface area contributed by atoms with Gasteiger partial charge in [0.25, 0.3) is 0 Å². The zero-order valence-electron chi connectivity index (χ0n) is 9.92. The van der Waals surface area contributed by atoms with Gasteiger partial charge in [0.05, 0.1) is 6.08 Å². The van der Waals surface area contributed by atoms with E-state index in [1.165, 1.54) is 12.1 Å². The summed E-state index contributed by atoms with van der Waals surface area (Å²) in [6.45, 7) is 0. The summed E-state index contributed by atoms with van der Waals surface area (Å²) in [7, 11) is 0. The number of hydrogen-bond donors (Lipinski definition) is 1. The number of aliphatic carboxylic acids is 1. The monoisotopic (exact) mass is 258 g/mol. The van der Waals surface area contributed by atoms with Gasteiger partial charge in [-0.15, -0.1) is 0 Å². The molecule has 4 heteroatoms. The highest BCUT2D eigenvalue weighted by Crippen LogP contribution is 2.24. The molecular formula is C15H11FO3. The SMILES string of the molecule is O=C(O)C=C(F)c1ccc(Oc2ccccc2)cc1. The zero-order chi connectivity index (χ0) is 13.7. The Bertz CT molecular complexity index is 589. The summed E-state index contributed by atoms with van der Waals surface area (Å²) in [6.07, 6.45) is 0.521. The number of carboxylic acids is 1. The lowest BCUT2D eigenvalue weighted by Crippen LogP contribution is -1.89. The van der Waals surface area contributed by atoms with Gasteiger partial charge in [-0.25, -0.2) is 9.18 Å². The first-order chi connectivity index (χ1) is 9.15. The van der Waals surface area contributed by atoms with E-state index in [9.17, 15) is 9.18 Å². The minimum absolute atomic E-state index is 0.197. The van der Waals surface area contributed by atoms with Crippen LogP contribution in [0.5, 0.6) is 11.5 Å². The van der Waals surface area contributed by atoms with E-state index in [1.54, 1.807) is 24.3 Å². The van der Waals surface area contributed by atoms with Crippen molar-refractivity contribution in [3.63, 3.8) is 0 Å². The fourth-order valence-corrected chi connectivity index (χ4v) is 1.50. The van der Waals surface area contributed by atoms with Crippen LogP contribution in [0.25, 0.3) is 5.83 Å². The van der Waals surface area contributed by atoms with E-state index in [-0.39, 0.29) is 5.56 Å². The molecule has 0 aromatic heterocycles. The van der Waals surface area contributed by atoms with Gasteiger partial charge in [-0.05, 0) is 36.4 Å². The Morgan fingerprint density at radius 2 is 1.58 bits per heavy atom. The van der Waals surface area contributed by atoms with E-state index < -0.39 is 11.8 Å². The van der Waals surface area contributed by atoms with Gasteiger partial charge in [-0.2, -0.15) is 0 Å². The molecule has 3 nitrogen and oxygen atoms in total. The molecule has 0 spiro atoms. The van der Waals surface area contributed by atoms with Gasteiger partial charge < -0.3 is 9.84 Å². The van der Waals surface area contributed by atoms with Crippen LogP contribution in [0.1, 0.15) is 5.56 Å². The smallest absolute Gasteiger partial charge is 0.331 e. The van der Waals surface area contributed by atoms with Crippen molar-refractivity contribution >= 4 is 11.8 Å². The van der Waals surface area contributed by atoms with Crippen molar-refractivity contribution < 1.29 is 19.0 Å². The third-order valence-electron chi connectivity index (χ3n) is 2.36. The summed E-state index contributed by atoms with van der Waals surface area (Å²) in [6, 6.07) is 15.3. The number of hydrogen-bond acceptors (Lipinski definition) is 2. The second kappa shape index (κ2) is 5.82. The zero-order valence-corrected chi connectivity index (χ0v) is 9.92. The number of para-hydroxylation sites is 1. The molecule has 0 heterocycles. The van der Waals surface area contributed by atoms with Crippen LogP contribution in [-0.2, 0) is 4.79 Å². The summed E-state index contributed by atoms with van der Waals surface area (Å²) in [5.41, 5.74) is 0.197. The lowest BCUT2D eigenvalue weighted by atomic mass is 10.2. The minimum atomic E-state index is -1.32. The van der Waals surface area contributed by atoms with Gasteiger partial charge in [-0.1, -0.05) is 18.2 Å². The molecule has 0 fully saturated rings. The summed E-state index contributed by atoms with van der Waals surface area (Å²) in [5.74, 6) is -0.879. The lowest BCUT2D eigenvalue weighted by Gasteiger charge is -2.05. The molecule has 0 radical (unpaired) electrons. The van der Waals surface area contributed by atoms with Crippen LogP contribution in [0.3, 0.4) is 0 Å². The van der Waals surface area contributed by atoms with Crippen LogP contribution in [0, 0.1) is 0 Å². The molecular weight excluding hydrogens is 247 g/mol. The topological polar surface area (TPSA) is 46.5 Å². The van der Waals surface area contributed by atoms with Gasteiger partial charge in [-0.3, -0.25) is 0 Å². The average molecular weight is 258 g/mol. The maximum absolute atomic E-state index is 13.4. The highest BCUT2D eigenvalue weighted by Gasteiger charge is 2.03. The molecule has 0 saturated heterocycles. The van der Waals surface area contributed by atoms with Crippen LogP contribution < -0.4 is 4.74 Å². The summed E-state index contributed by atoms with van der Waals surface area (Å²) in [4.78, 5) is 10.4. The molecule has 96 valence electrons. The van der Waals surface area contributed by atoms with E-state index in [0.717, 1.165) is 0 Å². The van der Waals surface area contributed by atoms with Crippen LogP contribution in [0.4, 0.5) is 4.39 Å². The maximum Gasteiger partial charge on any atom is 0.331 e. The van der Waals surface area contributed by atoms with Gasteiger partial charge >= 0.3 is 5.97 Å². The van der Waals surface area contributed by atoms with Crippen molar-refractivity contribution in [2.45, 2.75) is 0 Å². The first kappa shape index (κ1) is 12.8. The molecule has 19 heavy (non-hydrogen) atoms. The first-order valence-electron chi connectivity index (χ1n) is 5.58. The Kier molecular flexibility index (Phi) is 3.93. The Morgan fingerprint density at radius 3 is 2.16 bits per heavy atom. The number of carbonyl (C=O) groups is 1. The summed E-state index contributed by atoms with van der Waals surface area (Å²) >= 11 is 0. The van der Waals surface area contributed by atoms with E-state index in [1.807, 2.05) is 18.2 Å². The van der Waals surface area contributed by atoms with Gasteiger partial charge in [0.15, 0.2) is 0 Å². The molecule has 0 amide bonds. The second-order valence-corrected chi connectivity index (χ2v) is 3.77. The second-order valence-electron chi connectivity index (χ2n) is 3.77. The average Bonchev–Trinajstić information content (AvgIpc) is 2.40. The standard InChI is InChI=1S/C15H11FO3/c16-14(10-15(17)18)11-6-8-13(9-7-11)19-12-4-2-1-3-5-12/h1-10H,(H,17,18). The van der Waals surface area contributed by atoms with Crippen molar-refractivity contribution in [1.82, 2.24) is 0 Å². The number of benzene rings is 2. The Morgan fingerprint density at radius 1 is 1.00 bits per heavy atom. The molecule has 1 N–H and O–H groups in total. The maximum atomic E-state index is 13.4. The number of ether oxygens (including phenoxy) is 1. The Hall–Kier alpha value is -2.62. The molecule has 0 bridgehead atoms. The summed E-state index contributed by atoms with van der Waals surface area (Å²) in [5, 5.41) is 8.45. The largest absolute Gasteiger partial charge is 0.478 e. The third-order valence-corrected chi connectivity index (χ3v) is 2.36. The van der Waals surface area contributed by atoms with Crippen molar-refractivity contribution in [3.05, 3.63) is 66.2 Å². The van der Waals surface area contributed by atoms with Crippen molar-refractivity contribution in [2.24, 2.45) is 0 Å². The van der Waals surface area contributed by atoms with Crippen LogP contribution in [0.15, 0.2) is 60.7 Å². The fourth-order valence-electron chi connectivity index (χ4n) is 1.50. The van der Waals surface area contributed by atoms with Gasteiger partial charge in [0, 0.05) is 5.56 Å². The Balaban J connectivity index is 2.13. The molecule has 2 aromatic rings. The molecule has 0 unspecified atom stereocenters. The highest BCUT2D eigenvalue weighted by molar-refractivity contribution is 5.88. The number of halogens is 1. The molecule has 2 rings (SSSR count). The predicted octanol–water partition coefficient (Wildman–Crippen LogP) is 3.87. The number of carboxylic acid groups (broad SMARTS) is 1. The highest BCUT2D eigenvalue weighted by atomic mass is 19.1. The van der Waals surface area contributed by atoms with Gasteiger partial charge in [0.1, 0.15) is 17.3 Å².